The Morgan fingerprint density at radius 2 is 1.91 bits per heavy atom. The van der Waals surface area contributed by atoms with Gasteiger partial charge < -0.3 is 19.7 Å². The van der Waals surface area contributed by atoms with Gasteiger partial charge in [-0.2, -0.15) is 0 Å². The monoisotopic (exact) mass is 448 g/mol. The normalized spacial score (nSPS) is 14.9. The topological polar surface area (TPSA) is 83.4 Å². The SMILES string of the molecule is CC(C)C[C@H](NC(=O)CN(C)C)c1nnc2n1CCN(C(=O)c1ccc(F)cc1F)CC2. The highest BCUT2D eigenvalue weighted by molar-refractivity contribution is 5.94. The molecule has 0 radical (unpaired) electrons. The van der Waals surface area contributed by atoms with Crippen molar-refractivity contribution in [3.63, 3.8) is 0 Å². The van der Waals surface area contributed by atoms with E-state index in [1.165, 1.54) is 11.0 Å². The number of rotatable bonds is 7. The van der Waals surface area contributed by atoms with Gasteiger partial charge in [-0.05, 0) is 38.6 Å². The molecule has 0 aliphatic carbocycles. The summed E-state index contributed by atoms with van der Waals surface area (Å²) in [7, 11) is 3.66. The van der Waals surface area contributed by atoms with E-state index in [9.17, 15) is 18.4 Å². The number of aromatic nitrogens is 3. The number of amides is 2. The highest BCUT2D eigenvalue weighted by atomic mass is 19.1. The van der Waals surface area contributed by atoms with E-state index in [2.05, 4.69) is 29.4 Å². The average molecular weight is 449 g/mol. The van der Waals surface area contributed by atoms with Gasteiger partial charge in [-0.15, -0.1) is 10.2 Å². The second-order valence-electron chi connectivity index (χ2n) is 8.78. The molecule has 1 aliphatic heterocycles. The molecule has 174 valence electrons. The van der Waals surface area contributed by atoms with Crippen molar-refractivity contribution >= 4 is 11.8 Å². The van der Waals surface area contributed by atoms with E-state index in [1.54, 1.807) is 4.90 Å². The summed E-state index contributed by atoms with van der Waals surface area (Å²) in [6, 6.07) is 2.65. The quantitative estimate of drug-likeness (QED) is 0.701. The van der Waals surface area contributed by atoms with Crippen LogP contribution in [0.3, 0.4) is 0 Å². The summed E-state index contributed by atoms with van der Waals surface area (Å²) in [6.45, 7) is 5.50. The fourth-order valence-corrected chi connectivity index (χ4v) is 3.87. The molecule has 0 saturated heterocycles. The van der Waals surface area contributed by atoms with Gasteiger partial charge in [0.05, 0.1) is 18.2 Å². The van der Waals surface area contributed by atoms with Gasteiger partial charge in [0.15, 0.2) is 5.82 Å². The van der Waals surface area contributed by atoms with E-state index >= 15 is 0 Å². The minimum absolute atomic E-state index is 0.102. The van der Waals surface area contributed by atoms with Crippen molar-refractivity contribution < 1.29 is 18.4 Å². The third kappa shape index (κ3) is 5.67. The minimum atomic E-state index is -0.875. The van der Waals surface area contributed by atoms with Crippen LogP contribution >= 0.6 is 0 Å². The zero-order valence-corrected chi connectivity index (χ0v) is 18.9. The summed E-state index contributed by atoms with van der Waals surface area (Å²) in [5.41, 5.74) is -0.155. The number of fused-ring (bicyclic) bond motifs is 1. The Bertz CT molecular complexity index is 975. The summed E-state index contributed by atoms with van der Waals surface area (Å²) in [5.74, 6) is -0.499. The van der Waals surface area contributed by atoms with Gasteiger partial charge in [0, 0.05) is 32.1 Å². The first-order valence-corrected chi connectivity index (χ1v) is 10.8. The molecule has 1 aromatic carbocycles. The predicted molar refractivity (Wildman–Crippen MR) is 115 cm³/mol. The third-order valence-corrected chi connectivity index (χ3v) is 5.32. The maximum atomic E-state index is 14.1. The van der Waals surface area contributed by atoms with Crippen LogP contribution in [0.4, 0.5) is 8.78 Å². The van der Waals surface area contributed by atoms with Crippen LogP contribution in [-0.2, 0) is 17.8 Å². The van der Waals surface area contributed by atoms with E-state index in [0.717, 1.165) is 6.07 Å². The number of hydrogen-bond donors (Lipinski definition) is 1. The number of halogens is 2. The molecule has 1 aliphatic rings. The van der Waals surface area contributed by atoms with E-state index in [4.69, 9.17) is 0 Å². The summed E-state index contributed by atoms with van der Waals surface area (Å²) >= 11 is 0. The summed E-state index contributed by atoms with van der Waals surface area (Å²) < 4.78 is 29.3. The van der Waals surface area contributed by atoms with Crippen molar-refractivity contribution in [3.8, 4) is 0 Å². The minimum Gasteiger partial charge on any atom is -0.345 e. The molecule has 32 heavy (non-hydrogen) atoms. The molecular weight excluding hydrogens is 418 g/mol. The number of carbonyl (C=O) groups excluding carboxylic acids is 2. The lowest BCUT2D eigenvalue weighted by atomic mass is 10.0. The number of nitrogens with zero attached hydrogens (tertiary/aromatic N) is 5. The van der Waals surface area contributed by atoms with Gasteiger partial charge in [0.25, 0.3) is 5.91 Å². The third-order valence-electron chi connectivity index (χ3n) is 5.32. The Labute approximate surface area is 186 Å². The number of hydrogen-bond acceptors (Lipinski definition) is 5. The van der Waals surface area contributed by atoms with Gasteiger partial charge in [-0.1, -0.05) is 13.8 Å². The summed E-state index contributed by atoms with van der Waals surface area (Å²) in [5, 5.41) is 11.7. The maximum absolute atomic E-state index is 14.1. The Kier molecular flexibility index (Phi) is 7.55. The number of carbonyl (C=O) groups is 2. The van der Waals surface area contributed by atoms with Crippen LogP contribution in [0.15, 0.2) is 18.2 Å². The molecule has 0 fully saturated rings. The van der Waals surface area contributed by atoms with Gasteiger partial charge in [0.2, 0.25) is 5.91 Å². The molecule has 2 heterocycles. The molecule has 0 bridgehead atoms. The molecule has 1 N–H and O–H groups in total. The second-order valence-corrected chi connectivity index (χ2v) is 8.78. The van der Waals surface area contributed by atoms with Crippen molar-refractivity contribution in [2.75, 3.05) is 33.7 Å². The van der Waals surface area contributed by atoms with Gasteiger partial charge in [0.1, 0.15) is 17.5 Å². The standard InChI is InChI=1S/C22H30F2N6O2/c1-14(2)11-18(25-20(31)13-28(3)4)21-27-26-19-7-8-29(9-10-30(19)21)22(32)16-6-5-15(23)12-17(16)24/h5-6,12,14,18H,7-11,13H2,1-4H3,(H,25,31)/t18-/m0/s1. The highest BCUT2D eigenvalue weighted by Gasteiger charge is 2.28. The average Bonchev–Trinajstić information content (AvgIpc) is 2.97. The molecular formula is C22H30F2N6O2. The molecule has 1 aromatic heterocycles. The van der Waals surface area contributed by atoms with Crippen molar-refractivity contribution in [1.29, 1.82) is 0 Å². The van der Waals surface area contributed by atoms with Crippen LogP contribution in [0, 0.1) is 17.6 Å². The lowest BCUT2D eigenvalue weighted by Crippen LogP contribution is -2.38. The van der Waals surface area contributed by atoms with Gasteiger partial charge >= 0.3 is 0 Å². The van der Waals surface area contributed by atoms with Crippen molar-refractivity contribution in [1.82, 2.24) is 29.9 Å². The van der Waals surface area contributed by atoms with Crippen LogP contribution in [0.5, 0.6) is 0 Å². The van der Waals surface area contributed by atoms with Gasteiger partial charge in [-0.3, -0.25) is 9.59 Å². The molecule has 10 heteroatoms. The zero-order valence-electron chi connectivity index (χ0n) is 18.9. The largest absolute Gasteiger partial charge is 0.345 e. The van der Waals surface area contributed by atoms with Crippen molar-refractivity contribution in [2.24, 2.45) is 5.92 Å². The number of benzene rings is 1. The second kappa shape index (κ2) is 10.2. The summed E-state index contributed by atoms with van der Waals surface area (Å²) in [6.07, 6.45) is 1.14. The smallest absolute Gasteiger partial charge is 0.256 e. The fraction of sp³-hybridized carbons (Fsp3) is 0.545. The Balaban J connectivity index is 1.78. The van der Waals surface area contributed by atoms with Crippen LogP contribution in [0.25, 0.3) is 0 Å². The van der Waals surface area contributed by atoms with Crippen molar-refractivity contribution in [3.05, 3.63) is 47.0 Å². The first-order valence-electron chi connectivity index (χ1n) is 10.8. The van der Waals surface area contributed by atoms with Crippen LogP contribution in [0.2, 0.25) is 0 Å². The number of likely N-dealkylation sites (N-methyl/N-ethyl adjacent to an activating group) is 1. The van der Waals surface area contributed by atoms with E-state index in [-0.39, 0.29) is 24.1 Å². The maximum Gasteiger partial charge on any atom is 0.256 e. The molecule has 2 aromatic rings. The molecule has 0 saturated carbocycles. The Hall–Kier alpha value is -2.88. The van der Waals surface area contributed by atoms with Gasteiger partial charge in [-0.25, -0.2) is 8.78 Å². The first-order chi connectivity index (χ1) is 15.2. The van der Waals surface area contributed by atoms with Crippen LogP contribution in [-0.4, -0.2) is 70.1 Å². The van der Waals surface area contributed by atoms with E-state index in [1.807, 2.05) is 18.7 Å². The molecule has 0 unspecified atom stereocenters. The van der Waals surface area contributed by atoms with Crippen LogP contribution in [0.1, 0.15) is 48.3 Å². The van der Waals surface area contributed by atoms with E-state index in [0.29, 0.717) is 56.1 Å². The van der Waals surface area contributed by atoms with Crippen molar-refractivity contribution in [2.45, 2.75) is 39.3 Å². The molecule has 8 nitrogen and oxygen atoms in total. The Morgan fingerprint density at radius 3 is 2.56 bits per heavy atom. The number of nitrogens with one attached hydrogen (secondary N) is 1. The zero-order chi connectivity index (χ0) is 23.4. The molecule has 3 rings (SSSR count). The predicted octanol–water partition coefficient (Wildman–Crippen LogP) is 2.02. The molecule has 1 atom stereocenters. The summed E-state index contributed by atoms with van der Waals surface area (Å²) in [4.78, 5) is 28.6. The Morgan fingerprint density at radius 1 is 1.16 bits per heavy atom. The molecule has 2 amide bonds. The molecule has 0 spiro atoms. The first kappa shape index (κ1) is 23.8. The highest BCUT2D eigenvalue weighted by Crippen LogP contribution is 2.23. The fourth-order valence-electron chi connectivity index (χ4n) is 3.87. The lowest BCUT2D eigenvalue weighted by molar-refractivity contribution is -0.122. The lowest BCUT2D eigenvalue weighted by Gasteiger charge is -2.23. The van der Waals surface area contributed by atoms with Crippen LogP contribution < -0.4 is 5.32 Å². The van der Waals surface area contributed by atoms with E-state index < -0.39 is 17.5 Å².